The van der Waals surface area contributed by atoms with Gasteiger partial charge in [0.15, 0.2) is 0 Å². The molecule has 0 radical (unpaired) electrons. The number of hydrogen-bond acceptors (Lipinski definition) is 4. The molecule has 4 nitrogen and oxygen atoms in total. The van der Waals surface area contributed by atoms with Gasteiger partial charge in [-0.25, -0.2) is 4.79 Å². The Bertz CT molecular complexity index is 640. The van der Waals surface area contributed by atoms with Crippen LogP contribution in [0.1, 0.15) is 30.9 Å². The van der Waals surface area contributed by atoms with E-state index in [0.29, 0.717) is 16.5 Å². The molecule has 2 aromatic rings. The average molecular weight is 248 g/mol. The quantitative estimate of drug-likeness (QED) is 0.819. The molecular formula is C14H16O4. The summed E-state index contributed by atoms with van der Waals surface area (Å²) in [5.41, 5.74) is 0.823. The van der Waals surface area contributed by atoms with Crippen LogP contribution in [0.15, 0.2) is 21.3 Å². The Kier molecular flexibility index (Phi) is 3.28. The summed E-state index contributed by atoms with van der Waals surface area (Å²) in [4.78, 5) is 11.4. The third-order valence-corrected chi connectivity index (χ3v) is 3.09. The Balaban J connectivity index is 2.66. The molecule has 0 aliphatic heterocycles. The molecule has 0 spiro atoms. The lowest BCUT2D eigenvalue weighted by Gasteiger charge is -2.08. The highest BCUT2D eigenvalue weighted by molar-refractivity contribution is 5.88. The minimum atomic E-state index is -0.771. The highest BCUT2D eigenvalue weighted by Crippen LogP contribution is 2.32. The number of phenolic OH excluding ortho intramolecular Hbond substituents is 1. The van der Waals surface area contributed by atoms with Crippen molar-refractivity contribution in [1.29, 1.82) is 0 Å². The molecule has 0 unspecified atom stereocenters. The van der Waals surface area contributed by atoms with E-state index in [0.717, 1.165) is 24.8 Å². The van der Waals surface area contributed by atoms with Crippen LogP contribution in [0.25, 0.3) is 11.0 Å². The van der Waals surface area contributed by atoms with Gasteiger partial charge in [0.2, 0.25) is 5.75 Å². The topological polar surface area (TPSA) is 70.7 Å². The van der Waals surface area contributed by atoms with Gasteiger partial charge in [-0.15, -0.1) is 0 Å². The second-order valence-electron chi connectivity index (χ2n) is 4.45. The lowest BCUT2D eigenvalue weighted by molar-refractivity contribution is 0.421. The summed E-state index contributed by atoms with van der Waals surface area (Å²) in [6.45, 7) is 3.67. The Morgan fingerprint density at radius 3 is 2.67 bits per heavy atom. The summed E-state index contributed by atoms with van der Waals surface area (Å²) < 4.78 is 5.01. The average Bonchev–Trinajstić information content (AvgIpc) is 2.33. The first-order valence-corrected chi connectivity index (χ1v) is 6.02. The van der Waals surface area contributed by atoms with Crippen molar-refractivity contribution in [3.63, 3.8) is 0 Å². The summed E-state index contributed by atoms with van der Waals surface area (Å²) >= 11 is 0. The molecule has 0 aliphatic rings. The summed E-state index contributed by atoms with van der Waals surface area (Å²) in [5.74, 6) is -0.408. The van der Waals surface area contributed by atoms with Crippen LogP contribution in [0.2, 0.25) is 0 Å². The molecule has 0 saturated carbocycles. The van der Waals surface area contributed by atoms with E-state index in [9.17, 15) is 15.0 Å². The van der Waals surface area contributed by atoms with Crippen LogP contribution in [0.5, 0.6) is 11.5 Å². The SMILES string of the molecule is CCCCc1cc(O)c2c(C)c(O)c(=O)oc2c1. The fourth-order valence-corrected chi connectivity index (χ4v) is 2.06. The minimum Gasteiger partial charge on any atom is -0.507 e. The normalized spacial score (nSPS) is 11.0. The maximum atomic E-state index is 11.4. The van der Waals surface area contributed by atoms with Crippen molar-refractivity contribution in [2.75, 3.05) is 0 Å². The van der Waals surface area contributed by atoms with Gasteiger partial charge < -0.3 is 14.6 Å². The first-order chi connectivity index (χ1) is 8.54. The second-order valence-corrected chi connectivity index (χ2v) is 4.45. The monoisotopic (exact) mass is 248 g/mol. The van der Waals surface area contributed by atoms with Crippen LogP contribution in [0.4, 0.5) is 0 Å². The van der Waals surface area contributed by atoms with E-state index in [1.165, 1.54) is 0 Å². The van der Waals surface area contributed by atoms with E-state index in [2.05, 4.69) is 6.92 Å². The molecule has 4 heteroatoms. The number of unbranched alkanes of at least 4 members (excludes halogenated alkanes) is 1. The largest absolute Gasteiger partial charge is 0.507 e. The van der Waals surface area contributed by atoms with Crippen molar-refractivity contribution in [2.24, 2.45) is 0 Å². The molecule has 0 fully saturated rings. The zero-order valence-electron chi connectivity index (χ0n) is 10.5. The van der Waals surface area contributed by atoms with E-state index in [1.54, 1.807) is 19.1 Å². The summed E-state index contributed by atoms with van der Waals surface area (Å²) in [6, 6.07) is 3.41. The third-order valence-electron chi connectivity index (χ3n) is 3.09. The molecule has 2 rings (SSSR count). The molecule has 1 aromatic carbocycles. The van der Waals surface area contributed by atoms with E-state index in [-0.39, 0.29) is 5.75 Å². The van der Waals surface area contributed by atoms with Gasteiger partial charge in [-0.05, 0) is 37.5 Å². The van der Waals surface area contributed by atoms with Crippen molar-refractivity contribution >= 4 is 11.0 Å². The van der Waals surface area contributed by atoms with Crippen molar-refractivity contribution in [2.45, 2.75) is 33.1 Å². The number of rotatable bonds is 3. The predicted octanol–water partition coefficient (Wildman–Crippen LogP) is 2.86. The lowest BCUT2D eigenvalue weighted by atomic mass is 10.0. The molecule has 2 N–H and O–H groups in total. The van der Waals surface area contributed by atoms with Crippen LogP contribution in [0.3, 0.4) is 0 Å². The van der Waals surface area contributed by atoms with Crippen molar-refractivity contribution in [3.8, 4) is 11.5 Å². The van der Waals surface area contributed by atoms with Crippen molar-refractivity contribution in [1.82, 2.24) is 0 Å². The van der Waals surface area contributed by atoms with Gasteiger partial charge in [-0.3, -0.25) is 0 Å². The molecule has 0 bridgehead atoms. The fraction of sp³-hybridized carbons (Fsp3) is 0.357. The van der Waals surface area contributed by atoms with Gasteiger partial charge >= 0.3 is 5.63 Å². The van der Waals surface area contributed by atoms with Gasteiger partial charge in [0.05, 0.1) is 5.39 Å². The highest BCUT2D eigenvalue weighted by Gasteiger charge is 2.14. The summed E-state index contributed by atoms with van der Waals surface area (Å²) in [7, 11) is 0. The first kappa shape index (κ1) is 12.5. The van der Waals surface area contributed by atoms with Crippen LogP contribution >= 0.6 is 0 Å². The van der Waals surface area contributed by atoms with E-state index in [1.807, 2.05) is 0 Å². The maximum absolute atomic E-state index is 11.4. The van der Waals surface area contributed by atoms with E-state index < -0.39 is 11.4 Å². The summed E-state index contributed by atoms with van der Waals surface area (Å²) in [6.07, 6.45) is 2.88. The molecule has 1 heterocycles. The minimum absolute atomic E-state index is 0.0372. The number of aromatic hydroxyl groups is 2. The van der Waals surface area contributed by atoms with Crippen LogP contribution < -0.4 is 5.63 Å². The van der Waals surface area contributed by atoms with Gasteiger partial charge in [0.1, 0.15) is 11.3 Å². The third kappa shape index (κ3) is 2.06. The number of phenols is 1. The van der Waals surface area contributed by atoms with Crippen LogP contribution in [0, 0.1) is 6.92 Å². The van der Waals surface area contributed by atoms with Crippen molar-refractivity contribution in [3.05, 3.63) is 33.7 Å². The Hall–Kier alpha value is -1.97. The van der Waals surface area contributed by atoms with E-state index in [4.69, 9.17) is 4.42 Å². The predicted molar refractivity (Wildman–Crippen MR) is 69.2 cm³/mol. The Morgan fingerprint density at radius 1 is 1.28 bits per heavy atom. The molecule has 0 aliphatic carbocycles. The fourth-order valence-electron chi connectivity index (χ4n) is 2.06. The molecule has 0 amide bonds. The highest BCUT2D eigenvalue weighted by atomic mass is 16.4. The van der Waals surface area contributed by atoms with Gasteiger partial charge in [-0.1, -0.05) is 13.3 Å². The molecule has 18 heavy (non-hydrogen) atoms. The number of hydrogen-bond donors (Lipinski definition) is 2. The molecule has 0 saturated heterocycles. The van der Waals surface area contributed by atoms with Gasteiger partial charge in [-0.2, -0.15) is 0 Å². The first-order valence-electron chi connectivity index (χ1n) is 6.02. The van der Waals surface area contributed by atoms with Crippen LogP contribution in [-0.4, -0.2) is 10.2 Å². The zero-order chi connectivity index (χ0) is 13.3. The van der Waals surface area contributed by atoms with E-state index >= 15 is 0 Å². The Labute approximate surface area is 104 Å². The zero-order valence-corrected chi connectivity index (χ0v) is 10.5. The van der Waals surface area contributed by atoms with Gasteiger partial charge in [0, 0.05) is 5.56 Å². The molecular weight excluding hydrogens is 232 g/mol. The molecule has 1 aromatic heterocycles. The number of aryl methyl sites for hydroxylation is 2. The molecule has 0 atom stereocenters. The standard InChI is InChI=1S/C14H16O4/c1-3-4-5-9-6-10(15)12-8(2)13(16)14(17)18-11(12)7-9/h6-7,15-16H,3-5H2,1-2H3. The maximum Gasteiger partial charge on any atom is 0.379 e. The van der Waals surface area contributed by atoms with Crippen molar-refractivity contribution < 1.29 is 14.6 Å². The number of benzene rings is 1. The van der Waals surface area contributed by atoms with Crippen LogP contribution in [-0.2, 0) is 6.42 Å². The number of fused-ring (bicyclic) bond motifs is 1. The lowest BCUT2D eigenvalue weighted by Crippen LogP contribution is -2.01. The Morgan fingerprint density at radius 2 is 2.00 bits per heavy atom. The smallest absolute Gasteiger partial charge is 0.379 e. The van der Waals surface area contributed by atoms with Gasteiger partial charge in [0.25, 0.3) is 0 Å². The summed E-state index contributed by atoms with van der Waals surface area (Å²) in [5, 5.41) is 19.9. The second kappa shape index (κ2) is 4.72. The molecule has 96 valence electrons.